The van der Waals surface area contributed by atoms with Crippen molar-refractivity contribution in [3.8, 4) is 0 Å². The number of rotatable bonds is 4. The van der Waals surface area contributed by atoms with E-state index in [-0.39, 0.29) is 18.0 Å². The second-order valence-electron chi connectivity index (χ2n) is 5.72. The molecule has 4 N–H and O–H groups in total. The monoisotopic (exact) mass is 320 g/mol. The Hall–Kier alpha value is -1.40. The van der Waals surface area contributed by atoms with Crippen LogP contribution < -0.4 is 21.5 Å². The van der Waals surface area contributed by atoms with Gasteiger partial charge in [0.25, 0.3) is 0 Å². The molecule has 2 unspecified atom stereocenters. The van der Waals surface area contributed by atoms with E-state index in [1.165, 1.54) is 5.57 Å². The quantitative estimate of drug-likeness (QED) is 0.631. The maximum absolute atomic E-state index is 12.2. The third kappa shape index (κ3) is 3.87. The fourth-order valence-electron chi connectivity index (χ4n) is 2.80. The van der Waals surface area contributed by atoms with Crippen LogP contribution in [0, 0.1) is 0 Å². The first-order valence-electron chi connectivity index (χ1n) is 7.65. The number of amides is 1. The molecule has 5 nitrogen and oxygen atoms in total. The molecule has 6 heteroatoms. The third-order valence-corrected chi connectivity index (χ3v) is 4.39. The molecule has 22 heavy (non-hydrogen) atoms. The molecule has 2 aliphatic rings. The summed E-state index contributed by atoms with van der Waals surface area (Å²) < 4.78 is 0. The van der Waals surface area contributed by atoms with Crippen LogP contribution in [0.2, 0.25) is 5.02 Å². The lowest BCUT2D eigenvalue weighted by molar-refractivity contribution is -0.122. The van der Waals surface area contributed by atoms with Gasteiger partial charge in [-0.05, 0) is 37.1 Å². The molecular formula is C16H21ClN4O. The van der Waals surface area contributed by atoms with E-state index in [1.54, 1.807) is 0 Å². The van der Waals surface area contributed by atoms with Gasteiger partial charge in [-0.25, -0.2) is 10.9 Å². The van der Waals surface area contributed by atoms with E-state index in [9.17, 15) is 4.79 Å². The molecule has 118 valence electrons. The van der Waals surface area contributed by atoms with Gasteiger partial charge in [0.2, 0.25) is 5.91 Å². The second-order valence-corrected chi connectivity index (χ2v) is 6.15. The first kappa shape index (κ1) is 15.5. The summed E-state index contributed by atoms with van der Waals surface area (Å²) in [6, 6.07) is 7.64. The minimum Gasteiger partial charge on any atom is -0.351 e. The molecule has 2 atom stereocenters. The minimum atomic E-state index is -0.206. The number of hydrogen-bond donors (Lipinski definition) is 4. The van der Waals surface area contributed by atoms with E-state index in [0.29, 0.717) is 6.54 Å². The smallest absolute Gasteiger partial charge is 0.238 e. The van der Waals surface area contributed by atoms with Crippen LogP contribution in [-0.4, -0.2) is 31.6 Å². The van der Waals surface area contributed by atoms with Gasteiger partial charge in [-0.2, -0.15) is 0 Å². The minimum absolute atomic E-state index is 0.0448. The van der Waals surface area contributed by atoms with Crippen LogP contribution in [0.4, 0.5) is 0 Å². The Morgan fingerprint density at radius 1 is 1.27 bits per heavy atom. The van der Waals surface area contributed by atoms with Gasteiger partial charge in [0, 0.05) is 24.2 Å². The van der Waals surface area contributed by atoms with Gasteiger partial charge in [-0.3, -0.25) is 4.79 Å². The normalized spacial score (nSPS) is 24.9. The van der Waals surface area contributed by atoms with Gasteiger partial charge in [-0.15, -0.1) is 0 Å². The fourth-order valence-corrected chi connectivity index (χ4v) is 2.92. The highest BCUT2D eigenvalue weighted by Crippen LogP contribution is 2.23. The lowest BCUT2D eigenvalue weighted by Gasteiger charge is -2.16. The van der Waals surface area contributed by atoms with E-state index in [1.807, 2.05) is 24.3 Å². The Kier molecular flexibility index (Phi) is 5.10. The average molecular weight is 321 g/mol. The summed E-state index contributed by atoms with van der Waals surface area (Å²) in [7, 11) is 0. The number of hydrazine groups is 1. The van der Waals surface area contributed by atoms with Crippen molar-refractivity contribution in [2.75, 3.05) is 19.6 Å². The van der Waals surface area contributed by atoms with Crippen molar-refractivity contribution in [2.45, 2.75) is 24.9 Å². The molecule has 2 aliphatic heterocycles. The largest absolute Gasteiger partial charge is 0.351 e. The van der Waals surface area contributed by atoms with E-state index < -0.39 is 0 Å². The zero-order valence-corrected chi connectivity index (χ0v) is 13.1. The molecule has 0 saturated carbocycles. The molecule has 3 rings (SSSR count). The molecule has 0 spiro atoms. The van der Waals surface area contributed by atoms with Crippen LogP contribution in [0.1, 0.15) is 24.4 Å². The zero-order valence-electron chi connectivity index (χ0n) is 12.4. The molecular weight excluding hydrogens is 300 g/mol. The van der Waals surface area contributed by atoms with Crippen molar-refractivity contribution < 1.29 is 4.79 Å². The molecule has 1 amide bonds. The van der Waals surface area contributed by atoms with Crippen molar-refractivity contribution in [3.63, 3.8) is 0 Å². The molecule has 2 heterocycles. The predicted molar refractivity (Wildman–Crippen MR) is 87.4 cm³/mol. The van der Waals surface area contributed by atoms with E-state index in [0.717, 1.165) is 36.5 Å². The van der Waals surface area contributed by atoms with Crippen molar-refractivity contribution in [1.82, 2.24) is 21.5 Å². The van der Waals surface area contributed by atoms with Gasteiger partial charge in [0.1, 0.15) is 6.04 Å². The molecule has 0 aliphatic carbocycles. The highest BCUT2D eigenvalue weighted by atomic mass is 35.5. The number of halogens is 1. The highest BCUT2D eigenvalue weighted by Gasteiger charge is 2.29. The summed E-state index contributed by atoms with van der Waals surface area (Å²) in [5.41, 5.74) is 8.69. The Labute approximate surface area is 135 Å². The van der Waals surface area contributed by atoms with Gasteiger partial charge in [0.15, 0.2) is 0 Å². The van der Waals surface area contributed by atoms with Crippen molar-refractivity contribution >= 4 is 17.5 Å². The van der Waals surface area contributed by atoms with Crippen LogP contribution >= 0.6 is 11.6 Å². The summed E-state index contributed by atoms with van der Waals surface area (Å²) in [6.45, 7) is 2.53. The zero-order chi connectivity index (χ0) is 15.4. The summed E-state index contributed by atoms with van der Waals surface area (Å²) in [6.07, 6.45) is 3.89. The van der Waals surface area contributed by atoms with Gasteiger partial charge in [0.05, 0.1) is 0 Å². The lowest BCUT2D eigenvalue weighted by atomic mass is 10.0. The van der Waals surface area contributed by atoms with Gasteiger partial charge >= 0.3 is 0 Å². The average Bonchev–Trinajstić information content (AvgIpc) is 3.04. The summed E-state index contributed by atoms with van der Waals surface area (Å²) in [5, 5.41) is 7.00. The van der Waals surface area contributed by atoms with Crippen LogP contribution in [0.3, 0.4) is 0 Å². The molecule has 1 saturated heterocycles. The molecule has 1 fully saturated rings. The Bertz CT molecular complexity index is 558. The van der Waals surface area contributed by atoms with Crippen molar-refractivity contribution in [1.29, 1.82) is 0 Å². The Balaban J connectivity index is 1.50. The molecule has 0 radical (unpaired) electrons. The molecule has 0 aromatic heterocycles. The third-order valence-electron chi connectivity index (χ3n) is 4.14. The summed E-state index contributed by atoms with van der Waals surface area (Å²) >= 11 is 5.90. The Morgan fingerprint density at radius 3 is 2.82 bits per heavy atom. The number of carbonyl (C=O) groups excluding carboxylic acids is 1. The molecule has 1 aromatic carbocycles. The van der Waals surface area contributed by atoms with Gasteiger partial charge < -0.3 is 10.6 Å². The van der Waals surface area contributed by atoms with E-state index in [4.69, 9.17) is 11.6 Å². The SMILES string of the molecule is O=C(NCC1=CCNCC1)C1CC(c2ccc(Cl)cc2)NN1. The van der Waals surface area contributed by atoms with Crippen molar-refractivity contribution in [2.24, 2.45) is 0 Å². The Morgan fingerprint density at radius 2 is 2.09 bits per heavy atom. The predicted octanol–water partition coefficient (Wildman–Crippen LogP) is 1.28. The van der Waals surface area contributed by atoms with Crippen LogP contribution in [0.15, 0.2) is 35.9 Å². The molecule has 1 aromatic rings. The van der Waals surface area contributed by atoms with Crippen LogP contribution in [-0.2, 0) is 4.79 Å². The van der Waals surface area contributed by atoms with Gasteiger partial charge in [-0.1, -0.05) is 35.4 Å². The highest BCUT2D eigenvalue weighted by molar-refractivity contribution is 6.30. The number of carbonyl (C=O) groups is 1. The van der Waals surface area contributed by atoms with E-state index in [2.05, 4.69) is 27.6 Å². The standard InChI is InChI=1S/C16H21ClN4O/c17-13-3-1-12(2-4-13)14-9-15(21-20-14)16(22)19-10-11-5-7-18-8-6-11/h1-5,14-15,18,20-21H,6-10H2,(H,19,22). The lowest BCUT2D eigenvalue weighted by Crippen LogP contribution is -2.44. The number of hydrogen-bond acceptors (Lipinski definition) is 4. The van der Waals surface area contributed by atoms with Crippen LogP contribution in [0.5, 0.6) is 0 Å². The maximum Gasteiger partial charge on any atom is 0.238 e. The number of nitrogens with one attached hydrogen (secondary N) is 4. The summed E-state index contributed by atoms with van der Waals surface area (Å²) in [5.74, 6) is 0.0448. The first-order valence-corrected chi connectivity index (χ1v) is 8.03. The summed E-state index contributed by atoms with van der Waals surface area (Å²) in [4.78, 5) is 12.2. The number of benzene rings is 1. The fraction of sp³-hybridized carbons (Fsp3) is 0.438. The molecule has 0 bridgehead atoms. The van der Waals surface area contributed by atoms with E-state index >= 15 is 0 Å². The topological polar surface area (TPSA) is 65.2 Å². The van der Waals surface area contributed by atoms with Crippen LogP contribution in [0.25, 0.3) is 0 Å². The first-order chi connectivity index (χ1) is 10.7. The second kappa shape index (κ2) is 7.24. The maximum atomic E-state index is 12.2. The van der Waals surface area contributed by atoms with Crippen molar-refractivity contribution in [3.05, 3.63) is 46.5 Å².